The van der Waals surface area contributed by atoms with Crippen molar-refractivity contribution in [1.29, 1.82) is 0 Å². The van der Waals surface area contributed by atoms with Gasteiger partial charge in [0.1, 0.15) is 0 Å². The highest BCUT2D eigenvalue weighted by atomic mass is 79.9. The molecule has 4 rings (SSSR count). The number of halogens is 1. The number of piperidine rings is 1. The average molecular weight is 486 g/mol. The van der Waals surface area contributed by atoms with E-state index in [1.54, 1.807) is 0 Å². The van der Waals surface area contributed by atoms with Crippen molar-refractivity contribution < 1.29 is 14.3 Å². The third kappa shape index (κ3) is 5.86. The number of nitrogens with zero attached hydrogens (tertiary/aromatic N) is 1. The summed E-state index contributed by atoms with van der Waals surface area (Å²) in [6.07, 6.45) is 3.14. The number of fused-ring (bicyclic) bond motifs is 1. The number of rotatable bonds is 7. The molecule has 2 N–H and O–H groups in total. The second-order valence-electron chi connectivity index (χ2n) is 8.15. The zero-order valence-corrected chi connectivity index (χ0v) is 19.1. The number of anilines is 2. The highest BCUT2D eigenvalue weighted by Gasteiger charge is 2.25. The monoisotopic (exact) mass is 485 g/mol. The maximum Gasteiger partial charge on any atom is 0.411 e. The maximum absolute atomic E-state index is 12.7. The first kappa shape index (κ1) is 21.8. The van der Waals surface area contributed by atoms with Crippen molar-refractivity contribution in [3.63, 3.8) is 0 Å². The van der Waals surface area contributed by atoms with Crippen LogP contribution in [-0.2, 0) is 11.2 Å². The Morgan fingerprint density at radius 2 is 1.90 bits per heavy atom. The van der Waals surface area contributed by atoms with Crippen LogP contribution in [0.4, 0.5) is 16.2 Å². The molecule has 1 fully saturated rings. The lowest BCUT2D eigenvalue weighted by Crippen LogP contribution is -2.37. The molecule has 0 aliphatic carbocycles. The Balaban J connectivity index is 1.12. The Bertz CT molecular complexity index is 924. The molecule has 1 saturated heterocycles. The molecule has 1 amide bonds. The van der Waals surface area contributed by atoms with E-state index in [1.807, 2.05) is 42.5 Å². The average Bonchev–Trinajstić information content (AvgIpc) is 3.25. The van der Waals surface area contributed by atoms with Crippen LogP contribution in [0.1, 0.15) is 35.2 Å². The number of hydrogen-bond donors (Lipinski definition) is 2. The lowest BCUT2D eigenvalue weighted by molar-refractivity contribution is 0.0830. The van der Waals surface area contributed by atoms with E-state index in [0.29, 0.717) is 6.61 Å². The maximum atomic E-state index is 12.7. The molecule has 164 valence electrons. The smallest absolute Gasteiger partial charge is 0.411 e. The summed E-state index contributed by atoms with van der Waals surface area (Å²) in [5, 5.41) is 6.10. The van der Waals surface area contributed by atoms with Crippen LogP contribution in [0.5, 0.6) is 0 Å². The number of nitrogens with one attached hydrogen (secondary N) is 2. The lowest BCUT2D eigenvalue weighted by Gasteiger charge is -2.31. The van der Waals surface area contributed by atoms with Gasteiger partial charge in [-0.25, -0.2) is 4.79 Å². The van der Waals surface area contributed by atoms with Gasteiger partial charge in [-0.15, -0.1) is 0 Å². The normalized spacial score (nSPS) is 16.4. The van der Waals surface area contributed by atoms with Crippen molar-refractivity contribution >= 4 is 39.2 Å². The number of amides is 1. The molecule has 2 aromatic rings. The van der Waals surface area contributed by atoms with E-state index in [9.17, 15) is 9.59 Å². The van der Waals surface area contributed by atoms with E-state index in [-0.39, 0.29) is 11.7 Å². The molecule has 6 nitrogen and oxygen atoms in total. The fourth-order valence-corrected chi connectivity index (χ4v) is 4.51. The molecule has 0 saturated carbocycles. The minimum atomic E-state index is -0.420. The summed E-state index contributed by atoms with van der Waals surface area (Å²) in [4.78, 5) is 27.0. The third-order valence-corrected chi connectivity index (χ3v) is 6.53. The van der Waals surface area contributed by atoms with E-state index in [4.69, 9.17) is 4.74 Å². The van der Waals surface area contributed by atoms with Gasteiger partial charge in [0.25, 0.3) is 0 Å². The highest BCUT2D eigenvalue weighted by molar-refractivity contribution is 9.10. The van der Waals surface area contributed by atoms with Crippen LogP contribution < -0.4 is 10.6 Å². The van der Waals surface area contributed by atoms with Gasteiger partial charge in [0.15, 0.2) is 5.78 Å². The number of likely N-dealkylation sites (tertiary alicyclic amines) is 1. The molecule has 2 aromatic carbocycles. The van der Waals surface area contributed by atoms with Crippen molar-refractivity contribution in [3.05, 3.63) is 58.1 Å². The summed E-state index contributed by atoms with van der Waals surface area (Å²) in [5.41, 5.74) is 3.90. The summed E-state index contributed by atoms with van der Waals surface area (Å²) >= 11 is 3.41. The van der Waals surface area contributed by atoms with E-state index < -0.39 is 6.09 Å². The van der Waals surface area contributed by atoms with Crippen LogP contribution in [0, 0.1) is 5.92 Å². The third-order valence-electron chi connectivity index (χ3n) is 6.00. The summed E-state index contributed by atoms with van der Waals surface area (Å²) in [7, 11) is 0. The molecule has 0 bridgehead atoms. The van der Waals surface area contributed by atoms with Gasteiger partial charge >= 0.3 is 6.09 Å². The molecular formula is C24H28BrN3O3. The second kappa shape index (κ2) is 10.3. The number of carbonyl (C=O) groups is 2. The van der Waals surface area contributed by atoms with Crippen LogP contribution in [0.25, 0.3) is 0 Å². The zero-order valence-electron chi connectivity index (χ0n) is 17.5. The van der Waals surface area contributed by atoms with Crippen LogP contribution in [0.2, 0.25) is 0 Å². The van der Waals surface area contributed by atoms with Crippen molar-refractivity contribution in [2.45, 2.75) is 25.7 Å². The van der Waals surface area contributed by atoms with Gasteiger partial charge in [0, 0.05) is 40.4 Å². The molecule has 0 spiro atoms. The van der Waals surface area contributed by atoms with Crippen molar-refractivity contribution in [2.75, 3.05) is 43.4 Å². The molecule has 2 heterocycles. The predicted octanol–water partition coefficient (Wildman–Crippen LogP) is 4.95. The van der Waals surface area contributed by atoms with Gasteiger partial charge in [0.2, 0.25) is 0 Å². The topological polar surface area (TPSA) is 70.7 Å². The molecule has 2 aliphatic rings. The molecular weight excluding hydrogens is 458 g/mol. The van der Waals surface area contributed by atoms with Gasteiger partial charge in [-0.2, -0.15) is 0 Å². The number of carbonyl (C=O) groups excluding carboxylic acids is 2. The summed E-state index contributed by atoms with van der Waals surface area (Å²) in [5.74, 6) is 0.343. The summed E-state index contributed by atoms with van der Waals surface area (Å²) in [6, 6.07) is 13.5. The Hall–Kier alpha value is -2.38. The fraction of sp³-hybridized carbons (Fsp3) is 0.417. The van der Waals surface area contributed by atoms with Gasteiger partial charge < -0.3 is 15.0 Å². The largest absolute Gasteiger partial charge is 0.449 e. The quantitative estimate of drug-likeness (QED) is 0.428. The van der Waals surface area contributed by atoms with Crippen LogP contribution in [0.15, 0.2) is 46.9 Å². The van der Waals surface area contributed by atoms with Crippen LogP contribution in [-0.4, -0.2) is 49.6 Å². The van der Waals surface area contributed by atoms with Gasteiger partial charge in [-0.3, -0.25) is 10.1 Å². The minimum absolute atomic E-state index is 0.0984. The lowest BCUT2D eigenvalue weighted by atomic mass is 9.89. The van der Waals surface area contributed by atoms with Gasteiger partial charge in [-0.1, -0.05) is 34.1 Å². The van der Waals surface area contributed by atoms with E-state index in [0.717, 1.165) is 73.3 Å². The predicted molar refractivity (Wildman–Crippen MR) is 126 cm³/mol. The molecule has 7 heteroatoms. The molecule has 31 heavy (non-hydrogen) atoms. The Morgan fingerprint density at radius 3 is 2.68 bits per heavy atom. The van der Waals surface area contributed by atoms with Crippen molar-refractivity contribution in [3.8, 4) is 0 Å². The summed E-state index contributed by atoms with van der Waals surface area (Å²) < 4.78 is 6.31. The van der Waals surface area contributed by atoms with E-state index in [2.05, 4.69) is 31.5 Å². The SMILES string of the molecule is O=C(Nc1ccc2c(c1)NCC2)OCCCN1CCC(C(=O)c2ccc(Br)cc2)CC1. The molecule has 0 atom stereocenters. The molecule has 0 aromatic heterocycles. The number of ketones is 1. The second-order valence-corrected chi connectivity index (χ2v) is 9.07. The van der Waals surface area contributed by atoms with Crippen molar-refractivity contribution in [2.24, 2.45) is 5.92 Å². The van der Waals surface area contributed by atoms with Gasteiger partial charge in [0.05, 0.1) is 6.61 Å². The first-order valence-electron chi connectivity index (χ1n) is 10.9. The van der Waals surface area contributed by atoms with E-state index in [1.165, 1.54) is 5.56 Å². The van der Waals surface area contributed by atoms with Gasteiger partial charge in [-0.05, 0) is 68.6 Å². The summed E-state index contributed by atoms with van der Waals surface area (Å²) in [6.45, 7) is 4.00. The first-order chi connectivity index (χ1) is 15.1. The van der Waals surface area contributed by atoms with Crippen LogP contribution >= 0.6 is 15.9 Å². The molecule has 0 unspecified atom stereocenters. The number of benzene rings is 2. The molecule has 0 radical (unpaired) electrons. The Kier molecular flexibility index (Phi) is 7.25. The molecule has 2 aliphatic heterocycles. The zero-order chi connectivity index (χ0) is 21.6. The Labute approximate surface area is 191 Å². The van der Waals surface area contributed by atoms with E-state index >= 15 is 0 Å². The number of ether oxygens (including phenoxy) is 1. The fourth-order valence-electron chi connectivity index (χ4n) is 4.24. The van der Waals surface area contributed by atoms with Crippen LogP contribution in [0.3, 0.4) is 0 Å². The standard InChI is InChI=1S/C24H28BrN3O3/c25-20-5-2-18(3-6-20)23(29)19-9-13-28(14-10-19)12-1-15-31-24(30)27-21-7-4-17-8-11-26-22(17)16-21/h2-7,16,19,26H,1,8-15H2,(H,27,30). The van der Waals surface area contributed by atoms with Crippen molar-refractivity contribution in [1.82, 2.24) is 4.90 Å². The number of hydrogen-bond acceptors (Lipinski definition) is 5. The minimum Gasteiger partial charge on any atom is -0.449 e. The highest BCUT2D eigenvalue weighted by Crippen LogP contribution is 2.26. The number of Topliss-reactive ketones (excluding diaryl/α,β-unsaturated/α-hetero) is 1. The Morgan fingerprint density at radius 1 is 1.13 bits per heavy atom. The first-order valence-corrected chi connectivity index (χ1v) is 11.7.